The molecule has 3 heterocycles. The Hall–Kier alpha value is -0.980. The second kappa shape index (κ2) is 4.76. The van der Waals surface area contributed by atoms with Gasteiger partial charge in [-0.25, -0.2) is 0 Å². The van der Waals surface area contributed by atoms with Crippen LogP contribution in [0.25, 0.3) is 0 Å². The van der Waals surface area contributed by atoms with Crippen molar-refractivity contribution in [3.05, 3.63) is 35.9 Å². The molecular formula is C16H20O5. The Morgan fingerprint density at radius 2 is 1.86 bits per heavy atom. The van der Waals surface area contributed by atoms with E-state index in [1.165, 1.54) is 0 Å². The average Bonchev–Trinajstić information content (AvgIpc) is 2.86. The van der Waals surface area contributed by atoms with Gasteiger partial charge in [-0.3, -0.25) is 0 Å². The fourth-order valence-corrected chi connectivity index (χ4v) is 3.19. The zero-order valence-corrected chi connectivity index (χ0v) is 12.3. The predicted octanol–water partition coefficient (Wildman–Crippen LogP) is 1.85. The molecule has 1 aromatic carbocycles. The molecular weight excluding hydrogens is 272 g/mol. The molecule has 0 N–H and O–H groups in total. The highest BCUT2D eigenvalue weighted by molar-refractivity contribution is 5.14. The van der Waals surface area contributed by atoms with Gasteiger partial charge in [-0.2, -0.15) is 0 Å². The van der Waals surface area contributed by atoms with Crippen LogP contribution in [-0.2, 0) is 30.3 Å². The van der Waals surface area contributed by atoms with Gasteiger partial charge in [-0.05, 0) is 19.4 Å². The van der Waals surface area contributed by atoms with Crippen molar-refractivity contribution in [2.24, 2.45) is 0 Å². The molecule has 3 aliphatic heterocycles. The van der Waals surface area contributed by atoms with Gasteiger partial charge in [0.05, 0.1) is 19.8 Å². The Morgan fingerprint density at radius 1 is 1.10 bits per heavy atom. The summed E-state index contributed by atoms with van der Waals surface area (Å²) in [7, 11) is 0. The number of benzene rings is 1. The molecule has 5 heteroatoms. The predicted molar refractivity (Wildman–Crippen MR) is 73.5 cm³/mol. The molecule has 21 heavy (non-hydrogen) atoms. The van der Waals surface area contributed by atoms with Crippen LogP contribution in [0, 0.1) is 0 Å². The van der Waals surface area contributed by atoms with Crippen LogP contribution in [0.15, 0.2) is 30.3 Å². The van der Waals surface area contributed by atoms with Gasteiger partial charge < -0.3 is 23.7 Å². The zero-order valence-electron chi connectivity index (χ0n) is 12.3. The molecule has 3 fully saturated rings. The zero-order chi connectivity index (χ0) is 14.5. The topological polar surface area (TPSA) is 46.2 Å². The van der Waals surface area contributed by atoms with Crippen molar-refractivity contribution in [2.45, 2.75) is 50.3 Å². The van der Waals surface area contributed by atoms with Crippen molar-refractivity contribution in [2.75, 3.05) is 13.2 Å². The summed E-state index contributed by atoms with van der Waals surface area (Å²) >= 11 is 0. The summed E-state index contributed by atoms with van der Waals surface area (Å²) in [5, 5.41) is 0. The third-order valence-corrected chi connectivity index (χ3v) is 4.22. The van der Waals surface area contributed by atoms with Crippen LogP contribution in [0.4, 0.5) is 0 Å². The maximum Gasteiger partial charge on any atom is 0.190 e. The summed E-state index contributed by atoms with van der Waals surface area (Å²) in [5.41, 5.74) is 0.718. The maximum absolute atomic E-state index is 6.14. The molecule has 3 saturated heterocycles. The van der Waals surface area contributed by atoms with Crippen LogP contribution < -0.4 is 0 Å². The van der Waals surface area contributed by atoms with E-state index in [0.717, 1.165) is 5.56 Å². The summed E-state index contributed by atoms with van der Waals surface area (Å²) in [5.74, 6) is -0.629. The molecule has 0 aliphatic carbocycles. The van der Waals surface area contributed by atoms with E-state index in [2.05, 4.69) is 0 Å². The van der Waals surface area contributed by atoms with Gasteiger partial charge in [-0.1, -0.05) is 30.3 Å². The summed E-state index contributed by atoms with van der Waals surface area (Å²) in [4.78, 5) is 0. The van der Waals surface area contributed by atoms with E-state index < -0.39 is 11.4 Å². The minimum absolute atomic E-state index is 0.168. The molecule has 114 valence electrons. The van der Waals surface area contributed by atoms with Crippen LogP contribution in [-0.4, -0.2) is 43.1 Å². The molecule has 5 nitrogen and oxygen atoms in total. The van der Waals surface area contributed by atoms with E-state index in [9.17, 15) is 0 Å². The Kier molecular flexibility index (Phi) is 3.10. The van der Waals surface area contributed by atoms with Gasteiger partial charge in [0.25, 0.3) is 0 Å². The minimum atomic E-state index is -0.629. The molecule has 0 amide bonds. The average molecular weight is 292 g/mol. The van der Waals surface area contributed by atoms with Crippen LogP contribution in [0.2, 0.25) is 0 Å². The molecule has 1 spiro atoms. The number of hydrogen-bond acceptors (Lipinski definition) is 5. The molecule has 0 saturated carbocycles. The van der Waals surface area contributed by atoms with Crippen LogP contribution in [0.5, 0.6) is 0 Å². The van der Waals surface area contributed by atoms with E-state index in [-0.39, 0.29) is 18.5 Å². The van der Waals surface area contributed by atoms with Gasteiger partial charge in [0.15, 0.2) is 12.1 Å². The Morgan fingerprint density at radius 3 is 2.52 bits per heavy atom. The van der Waals surface area contributed by atoms with Gasteiger partial charge in [-0.15, -0.1) is 0 Å². The first kappa shape index (κ1) is 13.7. The Balaban J connectivity index is 1.50. The van der Waals surface area contributed by atoms with E-state index >= 15 is 0 Å². The Bertz CT molecular complexity index is 511. The van der Waals surface area contributed by atoms with Crippen molar-refractivity contribution in [3.63, 3.8) is 0 Å². The van der Waals surface area contributed by atoms with E-state index in [1.807, 2.05) is 44.2 Å². The van der Waals surface area contributed by atoms with Gasteiger partial charge >= 0.3 is 0 Å². The number of rotatable bonds is 3. The van der Waals surface area contributed by atoms with Gasteiger partial charge in [0.2, 0.25) is 0 Å². The van der Waals surface area contributed by atoms with Crippen LogP contribution >= 0.6 is 0 Å². The normalized spacial score (nSPS) is 35.6. The highest BCUT2D eigenvalue weighted by Crippen LogP contribution is 2.46. The van der Waals surface area contributed by atoms with E-state index in [4.69, 9.17) is 23.7 Å². The molecule has 3 atom stereocenters. The third kappa shape index (κ3) is 2.29. The molecule has 0 aromatic heterocycles. The lowest BCUT2D eigenvalue weighted by Gasteiger charge is -2.42. The summed E-state index contributed by atoms with van der Waals surface area (Å²) in [6, 6.07) is 10.1. The SMILES string of the molecule is CC1(C)O[C@H]2OC3(COC3)[C@H](OCc3ccccc3)[C@H]2O1. The summed E-state index contributed by atoms with van der Waals surface area (Å²) < 4.78 is 29.3. The largest absolute Gasteiger partial charge is 0.375 e. The molecule has 4 rings (SSSR count). The van der Waals surface area contributed by atoms with Gasteiger partial charge in [0.1, 0.15) is 17.8 Å². The smallest absolute Gasteiger partial charge is 0.190 e. The van der Waals surface area contributed by atoms with Crippen molar-refractivity contribution in [3.8, 4) is 0 Å². The molecule has 1 aromatic rings. The molecule has 0 radical (unpaired) electrons. The summed E-state index contributed by atoms with van der Waals surface area (Å²) in [6.07, 6.45) is -0.740. The third-order valence-electron chi connectivity index (χ3n) is 4.22. The lowest BCUT2D eigenvalue weighted by Crippen LogP contribution is -2.59. The highest BCUT2D eigenvalue weighted by atomic mass is 16.9. The van der Waals surface area contributed by atoms with Crippen LogP contribution in [0.3, 0.4) is 0 Å². The van der Waals surface area contributed by atoms with Gasteiger partial charge in [0, 0.05) is 0 Å². The number of hydrogen-bond donors (Lipinski definition) is 0. The first-order valence-corrected chi connectivity index (χ1v) is 7.35. The summed E-state index contributed by atoms with van der Waals surface area (Å²) in [6.45, 7) is 5.39. The fraction of sp³-hybridized carbons (Fsp3) is 0.625. The first-order valence-electron chi connectivity index (χ1n) is 7.35. The monoisotopic (exact) mass is 292 g/mol. The van der Waals surface area contributed by atoms with Crippen LogP contribution in [0.1, 0.15) is 19.4 Å². The number of ether oxygens (including phenoxy) is 5. The Labute approximate surface area is 124 Å². The lowest BCUT2D eigenvalue weighted by molar-refractivity contribution is -0.298. The van der Waals surface area contributed by atoms with Crippen molar-refractivity contribution >= 4 is 0 Å². The number of fused-ring (bicyclic) bond motifs is 1. The minimum Gasteiger partial charge on any atom is -0.375 e. The fourth-order valence-electron chi connectivity index (χ4n) is 3.19. The molecule has 0 unspecified atom stereocenters. The highest BCUT2D eigenvalue weighted by Gasteiger charge is 2.65. The maximum atomic E-state index is 6.14. The molecule has 0 bridgehead atoms. The second-order valence-corrected chi connectivity index (χ2v) is 6.36. The standard InChI is InChI=1S/C16H20O5/c1-15(2)19-12-13(18-8-11-6-4-3-5-7-11)16(9-17-10-16)21-14(12)20-15/h3-7,12-14H,8-10H2,1-2H3/t12-,13-,14+/m1/s1. The van der Waals surface area contributed by atoms with Crippen molar-refractivity contribution < 1.29 is 23.7 Å². The molecule has 3 aliphatic rings. The van der Waals surface area contributed by atoms with E-state index in [1.54, 1.807) is 0 Å². The quantitative estimate of drug-likeness (QED) is 0.851. The first-order chi connectivity index (χ1) is 10.1. The second-order valence-electron chi connectivity index (χ2n) is 6.36. The lowest BCUT2D eigenvalue weighted by atomic mass is 9.93. The van der Waals surface area contributed by atoms with E-state index in [0.29, 0.717) is 19.8 Å². The van der Waals surface area contributed by atoms with Crippen molar-refractivity contribution in [1.29, 1.82) is 0 Å². The van der Waals surface area contributed by atoms with Crippen molar-refractivity contribution in [1.82, 2.24) is 0 Å².